The Morgan fingerprint density at radius 1 is 1.29 bits per heavy atom. The van der Waals surface area contributed by atoms with Gasteiger partial charge in [-0.2, -0.15) is 0 Å². The molecule has 0 saturated carbocycles. The first-order valence-corrected chi connectivity index (χ1v) is 6.05. The minimum absolute atomic E-state index is 0.108. The second kappa shape index (κ2) is 9.04. The maximum atomic E-state index is 5.45. The molecular weight excluding hydrogens is 218 g/mol. The Kier molecular flexibility index (Phi) is 7.46. The predicted molar refractivity (Wildman–Crippen MR) is 65.4 cm³/mol. The molecule has 0 aliphatic heterocycles. The van der Waals surface area contributed by atoms with E-state index in [2.05, 4.69) is 15.3 Å². The van der Waals surface area contributed by atoms with Gasteiger partial charge in [0.25, 0.3) is 0 Å². The predicted octanol–water partition coefficient (Wildman–Crippen LogP) is 1.36. The summed E-state index contributed by atoms with van der Waals surface area (Å²) in [5, 5.41) is 3.30. The van der Waals surface area contributed by atoms with Gasteiger partial charge >= 0.3 is 0 Å². The van der Waals surface area contributed by atoms with Crippen molar-refractivity contribution in [2.75, 3.05) is 19.8 Å². The van der Waals surface area contributed by atoms with Gasteiger partial charge in [-0.25, -0.2) is 9.97 Å². The maximum Gasteiger partial charge on any atom is 0.158 e. The van der Waals surface area contributed by atoms with Crippen LogP contribution >= 0.6 is 0 Å². The topological polar surface area (TPSA) is 56.3 Å². The van der Waals surface area contributed by atoms with Crippen LogP contribution < -0.4 is 5.32 Å². The summed E-state index contributed by atoms with van der Waals surface area (Å²) in [4.78, 5) is 8.00. The van der Waals surface area contributed by atoms with Crippen molar-refractivity contribution < 1.29 is 9.47 Å². The zero-order chi connectivity index (χ0) is 12.3. The Balaban J connectivity index is 2.13. The highest BCUT2D eigenvalue weighted by Crippen LogP contribution is 2.00. The van der Waals surface area contributed by atoms with Gasteiger partial charge in [-0.05, 0) is 19.9 Å². The summed E-state index contributed by atoms with van der Waals surface area (Å²) in [6.07, 6.45) is 4.03. The summed E-state index contributed by atoms with van der Waals surface area (Å²) < 4.78 is 10.9. The monoisotopic (exact) mass is 239 g/mol. The molecule has 0 saturated heterocycles. The summed E-state index contributed by atoms with van der Waals surface area (Å²) in [5.74, 6) is 0. The van der Waals surface area contributed by atoms with Crippen molar-refractivity contribution in [2.24, 2.45) is 0 Å². The van der Waals surface area contributed by atoms with E-state index in [9.17, 15) is 0 Å². The van der Waals surface area contributed by atoms with Gasteiger partial charge in [-0.15, -0.1) is 0 Å². The summed E-state index contributed by atoms with van der Waals surface area (Å²) in [6, 6.07) is 1.90. The fourth-order valence-corrected chi connectivity index (χ4v) is 1.45. The van der Waals surface area contributed by atoms with E-state index in [1.54, 1.807) is 12.5 Å². The van der Waals surface area contributed by atoms with Gasteiger partial charge in [0.2, 0.25) is 0 Å². The Labute approximate surface area is 103 Å². The highest BCUT2D eigenvalue weighted by molar-refractivity contribution is 4.96. The van der Waals surface area contributed by atoms with E-state index in [1.165, 1.54) is 0 Å². The third kappa shape index (κ3) is 6.31. The third-order valence-corrected chi connectivity index (χ3v) is 2.21. The molecule has 5 nitrogen and oxygen atoms in total. The van der Waals surface area contributed by atoms with Gasteiger partial charge in [0, 0.05) is 38.9 Å². The number of nitrogens with one attached hydrogen (secondary N) is 1. The molecule has 0 bridgehead atoms. The SMILES string of the molecule is CCOC(CCNCc1ccncn1)OCC. The fraction of sp³-hybridized carbons (Fsp3) is 0.667. The highest BCUT2D eigenvalue weighted by atomic mass is 16.7. The van der Waals surface area contributed by atoms with Gasteiger partial charge in [-0.1, -0.05) is 0 Å². The third-order valence-electron chi connectivity index (χ3n) is 2.21. The largest absolute Gasteiger partial charge is 0.353 e. The molecule has 1 aromatic rings. The zero-order valence-corrected chi connectivity index (χ0v) is 10.6. The molecule has 0 fully saturated rings. The lowest BCUT2D eigenvalue weighted by molar-refractivity contribution is -0.138. The first kappa shape index (κ1) is 14.0. The van der Waals surface area contributed by atoms with Gasteiger partial charge < -0.3 is 14.8 Å². The molecule has 0 aliphatic carbocycles. The van der Waals surface area contributed by atoms with Crippen LogP contribution in [-0.2, 0) is 16.0 Å². The molecule has 96 valence electrons. The van der Waals surface area contributed by atoms with Crippen molar-refractivity contribution in [2.45, 2.75) is 33.1 Å². The average molecular weight is 239 g/mol. The Hall–Kier alpha value is -1.04. The maximum absolute atomic E-state index is 5.45. The van der Waals surface area contributed by atoms with Crippen molar-refractivity contribution in [3.05, 3.63) is 24.3 Å². The molecule has 1 rings (SSSR count). The summed E-state index contributed by atoms with van der Waals surface area (Å²) in [7, 11) is 0. The molecule has 5 heteroatoms. The van der Waals surface area contributed by atoms with Crippen molar-refractivity contribution in [1.82, 2.24) is 15.3 Å². The second-order valence-corrected chi connectivity index (χ2v) is 3.51. The van der Waals surface area contributed by atoms with Crippen LogP contribution in [0.4, 0.5) is 0 Å². The van der Waals surface area contributed by atoms with Crippen molar-refractivity contribution in [1.29, 1.82) is 0 Å². The van der Waals surface area contributed by atoms with Crippen molar-refractivity contribution in [3.8, 4) is 0 Å². The lowest BCUT2D eigenvalue weighted by Gasteiger charge is -2.16. The molecular formula is C12H21N3O2. The minimum atomic E-state index is -0.108. The highest BCUT2D eigenvalue weighted by Gasteiger charge is 2.06. The molecule has 1 aromatic heterocycles. The first-order valence-electron chi connectivity index (χ1n) is 6.05. The number of ether oxygens (including phenoxy) is 2. The minimum Gasteiger partial charge on any atom is -0.353 e. The number of aromatic nitrogens is 2. The van der Waals surface area contributed by atoms with E-state index < -0.39 is 0 Å². The molecule has 0 amide bonds. The van der Waals surface area contributed by atoms with Gasteiger partial charge in [0.05, 0.1) is 5.69 Å². The number of hydrogen-bond donors (Lipinski definition) is 1. The number of hydrogen-bond acceptors (Lipinski definition) is 5. The summed E-state index contributed by atoms with van der Waals surface area (Å²) in [5.41, 5.74) is 0.990. The standard InChI is InChI=1S/C12H21N3O2/c1-3-16-12(17-4-2)6-8-13-9-11-5-7-14-10-15-11/h5,7,10,12-13H,3-4,6,8-9H2,1-2H3. The molecule has 17 heavy (non-hydrogen) atoms. The summed E-state index contributed by atoms with van der Waals surface area (Å²) in [6.45, 7) is 6.88. The molecule has 0 atom stereocenters. The Bertz CT molecular complexity index is 276. The van der Waals surface area contributed by atoms with E-state index in [0.29, 0.717) is 13.2 Å². The van der Waals surface area contributed by atoms with Gasteiger partial charge in [-0.3, -0.25) is 0 Å². The molecule has 1 N–H and O–H groups in total. The van der Waals surface area contributed by atoms with E-state index in [0.717, 1.165) is 25.2 Å². The van der Waals surface area contributed by atoms with E-state index in [-0.39, 0.29) is 6.29 Å². The first-order chi connectivity index (χ1) is 8.36. The molecule has 0 aliphatic rings. The lowest BCUT2D eigenvalue weighted by atomic mass is 10.3. The van der Waals surface area contributed by atoms with Crippen LogP contribution in [0.15, 0.2) is 18.6 Å². The number of nitrogens with zero attached hydrogens (tertiary/aromatic N) is 2. The number of rotatable bonds is 9. The van der Waals surface area contributed by atoms with Crippen LogP contribution in [0.3, 0.4) is 0 Å². The van der Waals surface area contributed by atoms with Crippen LogP contribution in [0.1, 0.15) is 26.0 Å². The van der Waals surface area contributed by atoms with Gasteiger partial charge in [0.15, 0.2) is 6.29 Å². The van der Waals surface area contributed by atoms with Crippen LogP contribution in [-0.4, -0.2) is 36.0 Å². The lowest BCUT2D eigenvalue weighted by Crippen LogP contribution is -2.24. The van der Waals surface area contributed by atoms with E-state index in [1.807, 2.05) is 19.9 Å². The molecule has 0 radical (unpaired) electrons. The van der Waals surface area contributed by atoms with Crippen LogP contribution in [0.25, 0.3) is 0 Å². The molecule has 0 spiro atoms. The van der Waals surface area contributed by atoms with Gasteiger partial charge in [0.1, 0.15) is 6.33 Å². The van der Waals surface area contributed by atoms with Crippen LogP contribution in [0.5, 0.6) is 0 Å². The quantitative estimate of drug-likeness (QED) is 0.521. The second-order valence-electron chi connectivity index (χ2n) is 3.51. The van der Waals surface area contributed by atoms with Crippen LogP contribution in [0.2, 0.25) is 0 Å². The van der Waals surface area contributed by atoms with E-state index >= 15 is 0 Å². The Morgan fingerprint density at radius 3 is 2.65 bits per heavy atom. The smallest absolute Gasteiger partial charge is 0.158 e. The molecule has 1 heterocycles. The normalized spacial score (nSPS) is 11.0. The molecule has 0 aromatic carbocycles. The zero-order valence-electron chi connectivity index (χ0n) is 10.6. The molecule has 0 unspecified atom stereocenters. The van der Waals surface area contributed by atoms with E-state index in [4.69, 9.17) is 9.47 Å². The average Bonchev–Trinajstić information content (AvgIpc) is 2.36. The fourth-order valence-electron chi connectivity index (χ4n) is 1.45. The van der Waals surface area contributed by atoms with Crippen LogP contribution in [0, 0.1) is 0 Å². The van der Waals surface area contributed by atoms with Crippen molar-refractivity contribution in [3.63, 3.8) is 0 Å². The van der Waals surface area contributed by atoms with Crippen molar-refractivity contribution >= 4 is 0 Å². The Morgan fingerprint density at radius 2 is 2.06 bits per heavy atom. The summed E-state index contributed by atoms with van der Waals surface area (Å²) >= 11 is 0.